The molecule has 0 bridgehead atoms. The lowest BCUT2D eigenvalue weighted by Gasteiger charge is -2.12. The Balaban J connectivity index is 2.50. The zero-order valence-corrected chi connectivity index (χ0v) is 12.0. The Morgan fingerprint density at radius 3 is 2.83 bits per heavy atom. The summed E-state index contributed by atoms with van der Waals surface area (Å²) in [5, 5.41) is 12.0. The summed E-state index contributed by atoms with van der Waals surface area (Å²) in [7, 11) is 1.61. The van der Waals surface area contributed by atoms with E-state index in [-0.39, 0.29) is 11.8 Å². The number of aromatic nitrogens is 2. The van der Waals surface area contributed by atoms with Crippen LogP contribution in [0.25, 0.3) is 0 Å². The quantitative estimate of drug-likeness (QED) is 0.789. The highest BCUT2D eigenvalue weighted by atomic mass is 32.1. The number of hydrogen-bond donors (Lipinski definition) is 1. The topological polar surface area (TPSA) is 64.1 Å². The largest absolute Gasteiger partial charge is 0.377 e. The van der Waals surface area contributed by atoms with Gasteiger partial charge in [-0.1, -0.05) is 38.0 Å². The summed E-state index contributed by atoms with van der Waals surface area (Å²) < 4.78 is 4.96. The van der Waals surface area contributed by atoms with Crippen LogP contribution in [-0.2, 0) is 16.1 Å². The summed E-state index contributed by atoms with van der Waals surface area (Å²) in [6.07, 6.45) is 3.98. The minimum atomic E-state index is 0.0473. The summed E-state index contributed by atoms with van der Waals surface area (Å²) in [4.78, 5) is 12.0. The van der Waals surface area contributed by atoms with E-state index in [1.54, 1.807) is 7.11 Å². The van der Waals surface area contributed by atoms with E-state index in [9.17, 15) is 4.79 Å². The van der Waals surface area contributed by atoms with Gasteiger partial charge in [-0.15, -0.1) is 10.2 Å². The molecule has 1 N–H and O–H groups in total. The molecule has 6 heteroatoms. The molecule has 0 saturated carbocycles. The highest BCUT2D eigenvalue weighted by molar-refractivity contribution is 7.15. The van der Waals surface area contributed by atoms with E-state index in [1.165, 1.54) is 11.3 Å². The van der Waals surface area contributed by atoms with Crippen LogP contribution in [0.3, 0.4) is 0 Å². The average Bonchev–Trinajstić information content (AvgIpc) is 2.78. The molecule has 5 nitrogen and oxygen atoms in total. The van der Waals surface area contributed by atoms with Crippen molar-refractivity contribution in [2.45, 2.75) is 46.1 Å². The molecule has 1 rings (SSSR count). The minimum Gasteiger partial charge on any atom is -0.377 e. The van der Waals surface area contributed by atoms with Crippen molar-refractivity contribution in [3.05, 3.63) is 5.01 Å². The average molecular weight is 271 g/mol. The second-order valence-corrected chi connectivity index (χ2v) is 5.23. The number of amides is 1. The fourth-order valence-corrected chi connectivity index (χ4v) is 2.38. The summed E-state index contributed by atoms with van der Waals surface area (Å²) in [5.41, 5.74) is 0. The van der Waals surface area contributed by atoms with Crippen molar-refractivity contribution in [1.29, 1.82) is 0 Å². The maximum absolute atomic E-state index is 12.0. The molecule has 1 amide bonds. The van der Waals surface area contributed by atoms with Crippen LogP contribution >= 0.6 is 11.3 Å². The number of methoxy groups -OCH3 is 1. The second kappa shape index (κ2) is 8.16. The van der Waals surface area contributed by atoms with Gasteiger partial charge in [-0.3, -0.25) is 4.79 Å². The molecule has 1 heterocycles. The number of carbonyl (C=O) groups is 1. The van der Waals surface area contributed by atoms with E-state index in [4.69, 9.17) is 4.74 Å². The van der Waals surface area contributed by atoms with Gasteiger partial charge < -0.3 is 10.1 Å². The molecule has 0 radical (unpaired) electrons. The molecule has 1 atom stereocenters. The molecule has 1 aromatic heterocycles. The third-order valence-corrected chi connectivity index (χ3v) is 3.55. The molecule has 102 valence electrons. The van der Waals surface area contributed by atoms with Crippen LogP contribution in [0.5, 0.6) is 0 Å². The lowest BCUT2D eigenvalue weighted by molar-refractivity contribution is -0.120. The van der Waals surface area contributed by atoms with E-state index in [2.05, 4.69) is 22.4 Å². The van der Waals surface area contributed by atoms with Crippen molar-refractivity contribution >= 4 is 22.4 Å². The zero-order valence-electron chi connectivity index (χ0n) is 11.2. The van der Waals surface area contributed by atoms with Gasteiger partial charge >= 0.3 is 0 Å². The Labute approximate surface area is 112 Å². The number of nitrogens with zero attached hydrogens (tertiary/aromatic N) is 2. The minimum absolute atomic E-state index is 0.0473. The van der Waals surface area contributed by atoms with Gasteiger partial charge in [0.1, 0.15) is 11.6 Å². The molecule has 1 aromatic rings. The maximum Gasteiger partial charge on any atom is 0.229 e. The van der Waals surface area contributed by atoms with E-state index in [1.807, 2.05) is 6.92 Å². The van der Waals surface area contributed by atoms with Gasteiger partial charge in [0.15, 0.2) is 0 Å². The van der Waals surface area contributed by atoms with Crippen molar-refractivity contribution < 1.29 is 9.53 Å². The van der Waals surface area contributed by atoms with Gasteiger partial charge in [0.2, 0.25) is 11.0 Å². The SMILES string of the molecule is CCCC[C@@H](CC)C(=O)Nc1nnc(COC)s1. The zero-order chi connectivity index (χ0) is 13.4. The van der Waals surface area contributed by atoms with E-state index >= 15 is 0 Å². The molecule has 0 saturated heterocycles. The first-order valence-electron chi connectivity index (χ1n) is 6.33. The second-order valence-electron chi connectivity index (χ2n) is 4.17. The first-order valence-corrected chi connectivity index (χ1v) is 7.15. The fourth-order valence-electron chi connectivity index (χ4n) is 1.66. The summed E-state index contributed by atoms with van der Waals surface area (Å²) >= 11 is 1.36. The Morgan fingerprint density at radius 2 is 2.22 bits per heavy atom. The summed E-state index contributed by atoms with van der Waals surface area (Å²) in [5.74, 6) is 0.116. The van der Waals surface area contributed by atoms with Crippen LogP contribution in [-0.4, -0.2) is 23.2 Å². The lowest BCUT2D eigenvalue weighted by Crippen LogP contribution is -2.22. The van der Waals surface area contributed by atoms with Gasteiger partial charge in [0.05, 0.1) is 0 Å². The van der Waals surface area contributed by atoms with Crippen LogP contribution in [0, 0.1) is 5.92 Å². The monoisotopic (exact) mass is 271 g/mol. The smallest absolute Gasteiger partial charge is 0.229 e. The number of carbonyl (C=O) groups excluding carboxylic acids is 1. The highest BCUT2D eigenvalue weighted by Gasteiger charge is 2.17. The van der Waals surface area contributed by atoms with Crippen LogP contribution in [0.1, 0.15) is 44.5 Å². The molecule has 0 unspecified atom stereocenters. The van der Waals surface area contributed by atoms with E-state index in [0.717, 1.165) is 30.7 Å². The Bertz CT molecular complexity index is 368. The van der Waals surface area contributed by atoms with Crippen molar-refractivity contribution in [1.82, 2.24) is 10.2 Å². The van der Waals surface area contributed by atoms with Gasteiger partial charge in [-0.25, -0.2) is 0 Å². The highest BCUT2D eigenvalue weighted by Crippen LogP contribution is 2.19. The first kappa shape index (κ1) is 15.0. The molecule has 18 heavy (non-hydrogen) atoms. The Morgan fingerprint density at radius 1 is 1.44 bits per heavy atom. The molecule has 0 fully saturated rings. The van der Waals surface area contributed by atoms with Crippen LogP contribution < -0.4 is 5.32 Å². The molecule has 0 aliphatic rings. The summed E-state index contributed by atoms with van der Waals surface area (Å²) in [6, 6.07) is 0. The van der Waals surface area contributed by atoms with Gasteiger partial charge in [0.25, 0.3) is 0 Å². The van der Waals surface area contributed by atoms with Crippen LogP contribution in [0.4, 0.5) is 5.13 Å². The molecule has 0 aliphatic heterocycles. The molecular formula is C12H21N3O2S. The first-order chi connectivity index (χ1) is 8.71. The standard InChI is InChI=1S/C12H21N3O2S/c1-4-6-7-9(5-2)11(16)13-12-15-14-10(18-12)8-17-3/h9H,4-8H2,1-3H3,(H,13,15,16)/t9-/m1/s1. The Kier molecular flexibility index (Phi) is 6.82. The third kappa shape index (κ3) is 4.70. The number of nitrogens with one attached hydrogen (secondary N) is 1. The van der Waals surface area contributed by atoms with Crippen molar-refractivity contribution in [2.75, 3.05) is 12.4 Å². The summed E-state index contributed by atoms with van der Waals surface area (Å²) in [6.45, 7) is 4.60. The Hall–Kier alpha value is -1.01. The van der Waals surface area contributed by atoms with Gasteiger partial charge in [0, 0.05) is 13.0 Å². The third-order valence-electron chi connectivity index (χ3n) is 2.73. The van der Waals surface area contributed by atoms with Crippen molar-refractivity contribution in [3.8, 4) is 0 Å². The maximum atomic E-state index is 12.0. The van der Waals surface area contributed by atoms with Crippen molar-refractivity contribution in [3.63, 3.8) is 0 Å². The molecular weight excluding hydrogens is 250 g/mol. The van der Waals surface area contributed by atoms with Crippen LogP contribution in [0.2, 0.25) is 0 Å². The molecule has 0 aliphatic carbocycles. The normalized spacial score (nSPS) is 12.4. The molecule has 0 spiro atoms. The number of anilines is 1. The van der Waals surface area contributed by atoms with E-state index < -0.39 is 0 Å². The number of hydrogen-bond acceptors (Lipinski definition) is 5. The lowest BCUT2D eigenvalue weighted by atomic mass is 9.99. The number of ether oxygens (including phenoxy) is 1. The number of unbranched alkanes of at least 4 members (excludes halogenated alkanes) is 1. The fraction of sp³-hybridized carbons (Fsp3) is 0.750. The van der Waals surface area contributed by atoms with E-state index in [0.29, 0.717) is 11.7 Å². The predicted molar refractivity (Wildman–Crippen MR) is 72.6 cm³/mol. The van der Waals surface area contributed by atoms with Crippen LogP contribution in [0.15, 0.2) is 0 Å². The number of rotatable bonds is 8. The molecule has 0 aromatic carbocycles. The predicted octanol–water partition coefficient (Wildman–Crippen LogP) is 2.84. The van der Waals surface area contributed by atoms with Crippen molar-refractivity contribution in [2.24, 2.45) is 5.92 Å². The van der Waals surface area contributed by atoms with Gasteiger partial charge in [-0.2, -0.15) is 0 Å². The van der Waals surface area contributed by atoms with Gasteiger partial charge in [-0.05, 0) is 12.8 Å².